The Labute approximate surface area is 163 Å². The van der Waals surface area contributed by atoms with Gasteiger partial charge in [-0.25, -0.2) is 0 Å². The van der Waals surface area contributed by atoms with Gasteiger partial charge in [0.2, 0.25) is 9.04 Å². The zero-order chi connectivity index (χ0) is 19.5. The van der Waals surface area contributed by atoms with Crippen LogP contribution >= 0.6 is 0 Å². The molecule has 2 unspecified atom stereocenters. The number of methoxy groups -OCH3 is 1. The van der Waals surface area contributed by atoms with Crippen LogP contribution < -0.4 is 10.4 Å². The van der Waals surface area contributed by atoms with Gasteiger partial charge in [-0.2, -0.15) is 0 Å². The van der Waals surface area contributed by atoms with E-state index in [1.807, 2.05) is 36.4 Å². The molecule has 1 aliphatic rings. The molecule has 0 aromatic heterocycles. The molecule has 0 amide bonds. The van der Waals surface area contributed by atoms with Crippen LogP contribution in [0.1, 0.15) is 27.2 Å². The number of hydrogen-bond acceptors (Lipinski definition) is 4. The van der Waals surface area contributed by atoms with E-state index in [9.17, 15) is 4.79 Å². The molecule has 1 heterocycles. The Kier molecular flexibility index (Phi) is 5.84. The number of benzene rings is 2. The smallest absolute Gasteiger partial charge is 0.309 e. The molecule has 3 rings (SSSR count). The highest BCUT2D eigenvalue weighted by molar-refractivity contribution is 6.80. The standard InChI is InChI=1S/C22H28O4Si/c1-21(2,3)20(22(24-4)15-19(23)25-16-22)26-27(17-11-7-5-8-12-17)18-13-9-6-10-14-18/h5-14,20,27H,15-16H2,1-4H3. The molecular weight excluding hydrogens is 356 g/mol. The second kappa shape index (κ2) is 7.96. The summed E-state index contributed by atoms with van der Waals surface area (Å²) in [6.07, 6.45) is -0.0608. The highest BCUT2D eigenvalue weighted by Crippen LogP contribution is 2.39. The molecule has 4 nitrogen and oxygen atoms in total. The molecule has 0 bridgehead atoms. The molecule has 0 saturated carbocycles. The van der Waals surface area contributed by atoms with Crippen molar-refractivity contribution in [2.24, 2.45) is 5.41 Å². The molecule has 1 saturated heterocycles. The van der Waals surface area contributed by atoms with Crippen molar-refractivity contribution < 1.29 is 18.7 Å². The maximum atomic E-state index is 11.9. The van der Waals surface area contributed by atoms with Crippen LogP contribution in [0.2, 0.25) is 0 Å². The number of carbonyl (C=O) groups excluding carboxylic acids is 1. The molecule has 144 valence electrons. The normalized spacial score (nSPS) is 21.3. The molecule has 2 aromatic carbocycles. The highest BCUT2D eigenvalue weighted by Gasteiger charge is 2.53. The third-order valence-electron chi connectivity index (χ3n) is 5.07. The minimum Gasteiger partial charge on any atom is -0.462 e. The van der Waals surface area contributed by atoms with Crippen molar-refractivity contribution in [1.29, 1.82) is 0 Å². The Bertz CT molecular complexity index is 717. The van der Waals surface area contributed by atoms with E-state index in [1.165, 1.54) is 10.4 Å². The minimum absolute atomic E-state index is 0.218. The number of cyclic esters (lactones) is 1. The van der Waals surface area contributed by atoms with Crippen molar-refractivity contribution in [2.45, 2.75) is 38.9 Å². The van der Waals surface area contributed by atoms with Crippen LogP contribution in [-0.2, 0) is 18.7 Å². The van der Waals surface area contributed by atoms with Crippen molar-refractivity contribution in [3.8, 4) is 0 Å². The van der Waals surface area contributed by atoms with E-state index in [4.69, 9.17) is 13.9 Å². The van der Waals surface area contributed by atoms with Crippen LogP contribution in [0.25, 0.3) is 0 Å². The summed E-state index contributed by atoms with van der Waals surface area (Å²) in [5, 5.41) is 2.41. The first-order chi connectivity index (χ1) is 12.9. The van der Waals surface area contributed by atoms with Crippen molar-refractivity contribution >= 4 is 25.4 Å². The number of carbonyl (C=O) groups is 1. The summed E-state index contributed by atoms with van der Waals surface area (Å²) in [4.78, 5) is 11.9. The fourth-order valence-corrected chi connectivity index (χ4v) is 6.59. The summed E-state index contributed by atoms with van der Waals surface area (Å²) in [6, 6.07) is 20.7. The zero-order valence-corrected chi connectivity index (χ0v) is 17.6. The molecule has 0 N–H and O–H groups in total. The molecule has 1 aliphatic heterocycles. The Morgan fingerprint density at radius 3 is 1.89 bits per heavy atom. The van der Waals surface area contributed by atoms with Crippen LogP contribution in [0.3, 0.4) is 0 Å². The van der Waals surface area contributed by atoms with Crippen LogP contribution in [0.4, 0.5) is 0 Å². The van der Waals surface area contributed by atoms with Gasteiger partial charge in [-0.1, -0.05) is 81.4 Å². The molecule has 1 fully saturated rings. The van der Waals surface area contributed by atoms with Gasteiger partial charge in [0, 0.05) is 7.11 Å². The molecule has 27 heavy (non-hydrogen) atoms. The van der Waals surface area contributed by atoms with Gasteiger partial charge in [0.05, 0.1) is 12.5 Å². The molecule has 2 atom stereocenters. The lowest BCUT2D eigenvalue weighted by molar-refractivity contribution is -0.138. The Hall–Kier alpha value is -1.95. The molecule has 0 radical (unpaired) electrons. The topological polar surface area (TPSA) is 44.8 Å². The van der Waals surface area contributed by atoms with E-state index in [-0.39, 0.29) is 30.5 Å². The van der Waals surface area contributed by atoms with Crippen LogP contribution in [0.5, 0.6) is 0 Å². The fourth-order valence-electron chi connectivity index (χ4n) is 3.81. The predicted octanol–water partition coefficient (Wildman–Crippen LogP) is 2.29. The monoisotopic (exact) mass is 384 g/mol. The first-order valence-electron chi connectivity index (χ1n) is 9.32. The summed E-state index contributed by atoms with van der Waals surface area (Å²) >= 11 is 0. The van der Waals surface area contributed by atoms with Crippen molar-refractivity contribution in [2.75, 3.05) is 13.7 Å². The summed E-state index contributed by atoms with van der Waals surface area (Å²) in [6.45, 7) is 6.61. The summed E-state index contributed by atoms with van der Waals surface area (Å²) in [7, 11) is -0.345. The van der Waals surface area contributed by atoms with E-state index in [2.05, 4.69) is 45.0 Å². The van der Waals surface area contributed by atoms with Crippen molar-refractivity contribution in [3.63, 3.8) is 0 Å². The lowest BCUT2D eigenvalue weighted by Crippen LogP contribution is -2.59. The number of esters is 1. The van der Waals surface area contributed by atoms with Gasteiger partial charge >= 0.3 is 5.97 Å². The average Bonchev–Trinajstić information content (AvgIpc) is 3.04. The third kappa shape index (κ3) is 4.31. The van der Waals surface area contributed by atoms with Crippen molar-refractivity contribution in [3.05, 3.63) is 60.7 Å². The summed E-state index contributed by atoms with van der Waals surface area (Å²) < 4.78 is 18.1. The lowest BCUT2D eigenvalue weighted by atomic mass is 9.78. The lowest BCUT2D eigenvalue weighted by Gasteiger charge is -2.43. The van der Waals surface area contributed by atoms with Gasteiger partial charge in [0.15, 0.2) is 0 Å². The number of rotatable bonds is 6. The zero-order valence-electron chi connectivity index (χ0n) is 16.5. The quantitative estimate of drug-likeness (QED) is 0.566. The average molecular weight is 385 g/mol. The van der Waals surface area contributed by atoms with Crippen molar-refractivity contribution in [1.82, 2.24) is 0 Å². The third-order valence-corrected chi connectivity index (χ3v) is 7.59. The van der Waals surface area contributed by atoms with Crippen LogP contribution in [0.15, 0.2) is 60.7 Å². The first-order valence-corrected chi connectivity index (χ1v) is 10.9. The van der Waals surface area contributed by atoms with Crippen LogP contribution in [-0.4, -0.2) is 40.4 Å². The van der Waals surface area contributed by atoms with Gasteiger partial charge in [-0.3, -0.25) is 4.79 Å². The number of ether oxygens (including phenoxy) is 2. The first kappa shape index (κ1) is 19.8. The SMILES string of the molecule is COC1(C(O[SiH](c2ccccc2)c2ccccc2)C(C)(C)C)COC(=O)C1. The Morgan fingerprint density at radius 1 is 1.00 bits per heavy atom. The molecule has 0 aliphatic carbocycles. The van der Waals surface area contributed by atoms with E-state index < -0.39 is 14.6 Å². The minimum atomic E-state index is -1.99. The fraction of sp³-hybridized carbons (Fsp3) is 0.409. The van der Waals surface area contributed by atoms with Gasteiger partial charge in [0.25, 0.3) is 0 Å². The summed E-state index contributed by atoms with van der Waals surface area (Å²) in [5.41, 5.74) is -0.983. The second-order valence-electron chi connectivity index (χ2n) is 8.19. The predicted molar refractivity (Wildman–Crippen MR) is 109 cm³/mol. The molecular formula is C22H28O4Si. The number of hydrogen-bond donors (Lipinski definition) is 0. The van der Waals surface area contributed by atoms with E-state index in [1.54, 1.807) is 7.11 Å². The molecule has 5 heteroatoms. The molecule has 2 aromatic rings. The second-order valence-corrected chi connectivity index (χ2v) is 10.6. The Morgan fingerprint density at radius 2 is 1.52 bits per heavy atom. The Balaban J connectivity index is 2.02. The van der Waals surface area contributed by atoms with Gasteiger partial charge in [-0.05, 0) is 15.8 Å². The van der Waals surface area contributed by atoms with E-state index >= 15 is 0 Å². The van der Waals surface area contributed by atoms with Gasteiger partial charge in [0.1, 0.15) is 12.2 Å². The van der Waals surface area contributed by atoms with E-state index in [0.717, 1.165) is 0 Å². The van der Waals surface area contributed by atoms with Gasteiger partial charge < -0.3 is 13.9 Å². The maximum Gasteiger partial charge on any atom is 0.309 e. The highest BCUT2D eigenvalue weighted by atomic mass is 28.3. The largest absolute Gasteiger partial charge is 0.462 e. The van der Waals surface area contributed by atoms with Crippen LogP contribution in [0, 0.1) is 5.41 Å². The maximum absolute atomic E-state index is 11.9. The van der Waals surface area contributed by atoms with E-state index in [0.29, 0.717) is 0 Å². The van der Waals surface area contributed by atoms with Gasteiger partial charge in [-0.15, -0.1) is 0 Å². The summed E-state index contributed by atoms with van der Waals surface area (Å²) in [5.74, 6) is -0.229. The molecule has 0 spiro atoms.